The molecule has 6 nitrogen and oxygen atoms in total. The van der Waals surface area contributed by atoms with Crippen LogP contribution in [0.3, 0.4) is 0 Å². The molecule has 2 N–H and O–H groups in total. The van der Waals surface area contributed by atoms with E-state index in [9.17, 15) is 13.2 Å². The summed E-state index contributed by atoms with van der Waals surface area (Å²) in [4.78, 5) is 14.0. The van der Waals surface area contributed by atoms with Crippen molar-refractivity contribution in [3.63, 3.8) is 0 Å². The van der Waals surface area contributed by atoms with Gasteiger partial charge in [-0.15, -0.1) is 0 Å². The first-order valence-corrected chi connectivity index (χ1v) is 9.97. The number of likely N-dealkylation sites (N-methyl/N-ethyl adjacent to an activating group) is 1. The Morgan fingerprint density at radius 1 is 1.26 bits per heavy atom. The summed E-state index contributed by atoms with van der Waals surface area (Å²) in [6, 6.07) is 11.0. The number of halogens is 1. The van der Waals surface area contributed by atoms with Crippen molar-refractivity contribution < 1.29 is 17.9 Å². The van der Waals surface area contributed by atoms with E-state index in [1.165, 1.54) is 30.2 Å². The smallest absolute Gasteiger partial charge is 0.246 e. The molecule has 2 aromatic rings. The van der Waals surface area contributed by atoms with Gasteiger partial charge >= 0.3 is 0 Å². The molecule has 0 saturated carbocycles. The quantitative estimate of drug-likeness (QED) is 0.743. The summed E-state index contributed by atoms with van der Waals surface area (Å²) in [5.41, 5.74) is 1.33. The topological polar surface area (TPSA) is 89.7 Å². The van der Waals surface area contributed by atoms with Gasteiger partial charge in [0.1, 0.15) is 5.75 Å². The van der Waals surface area contributed by atoms with Crippen LogP contribution >= 0.6 is 11.6 Å². The standard InChI is InChI=1S/C19H21ClN2O4S/c1-13(14-5-4-6-17(12-14)27(21,24)25)22(2)19(23)10-7-15-11-16(20)8-9-18(15)26-3/h4-13H,1-3H3,(H2,21,24,25)/b10-7+. The number of sulfonamides is 1. The van der Waals surface area contributed by atoms with Crippen LogP contribution in [0.15, 0.2) is 53.4 Å². The van der Waals surface area contributed by atoms with Gasteiger partial charge in [-0.1, -0.05) is 23.7 Å². The Bertz CT molecular complexity index is 973. The van der Waals surface area contributed by atoms with E-state index in [1.54, 1.807) is 50.4 Å². The lowest BCUT2D eigenvalue weighted by atomic mass is 10.1. The van der Waals surface area contributed by atoms with Gasteiger partial charge < -0.3 is 9.64 Å². The molecule has 0 aliphatic heterocycles. The minimum atomic E-state index is -3.81. The molecule has 27 heavy (non-hydrogen) atoms. The minimum absolute atomic E-state index is 0.00639. The normalized spacial score (nSPS) is 12.8. The van der Waals surface area contributed by atoms with Gasteiger partial charge in [0, 0.05) is 23.7 Å². The number of hydrogen-bond donors (Lipinski definition) is 1. The number of rotatable bonds is 6. The average Bonchev–Trinajstić information content (AvgIpc) is 2.64. The zero-order valence-electron chi connectivity index (χ0n) is 15.2. The number of ether oxygens (including phenoxy) is 1. The highest BCUT2D eigenvalue weighted by Gasteiger charge is 2.17. The first kappa shape index (κ1) is 21.0. The van der Waals surface area contributed by atoms with Crippen LogP contribution in [0.4, 0.5) is 0 Å². The molecule has 0 aliphatic rings. The molecule has 0 aliphatic carbocycles. The Kier molecular flexibility index (Phi) is 6.64. The molecule has 0 aromatic heterocycles. The van der Waals surface area contributed by atoms with Crippen molar-refractivity contribution in [2.45, 2.75) is 17.9 Å². The van der Waals surface area contributed by atoms with Gasteiger partial charge in [0.25, 0.3) is 0 Å². The van der Waals surface area contributed by atoms with E-state index in [0.717, 1.165) is 0 Å². The highest BCUT2D eigenvalue weighted by Crippen LogP contribution is 2.25. The average molecular weight is 409 g/mol. The first-order chi connectivity index (χ1) is 12.6. The third kappa shape index (κ3) is 5.32. The second-order valence-corrected chi connectivity index (χ2v) is 7.96. The SMILES string of the molecule is COc1ccc(Cl)cc1/C=C/C(=O)N(C)C(C)c1cccc(S(N)(=O)=O)c1. The molecular weight excluding hydrogens is 388 g/mol. The molecule has 8 heteroatoms. The predicted octanol–water partition coefficient (Wildman–Crippen LogP) is 3.23. The molecule has 0 fully saturated rings. The van der Waals surface area contributed by atoms with Gasteiger partial charge in [0.2, 0.25) is 15.9 Å². The lowest BCUT2D eigenvalue weighted by molar-refractivity contribution is -0.126. The zero-order valence-corrected chi connectivity index (χ0v) is 16.8. The van der Waals surface area contributed by atoms with E-state index in [1.807, 2.05) is 0 Å². The number of benzene rings is 2. The number of carbonyl (C=O) groups excluding carboxylic acids is 1. The highest BCUT2D eigenvalue weighted by molar-refractivity contribution is 7.89. The number of amides is 1. The summed E-state index contributed by atoms with van der Waals surface area (Å²) in [5.74, 6) is 0.338. The molecule has 1 unspecified atom stereocenters. The van der Waals surface area contributed by atoms with Gasteiger partial charge in [0.05, 0.1) is 18.0 Å². The van der Waals surface area contributed by atoms with E-state index in [-0.39, 0.29) is 16.8 Å². The fraction of sp³-hybridized carbons (Fsp3) is 0.211. The van der Waals surface area contributed by atoms with Crippen LogP contribution in [0.25, 0.3) is 6.08 Å². The lowest BCUT2D eigenvalue weighted by Crippen LogP contribution is -2.28. The number of carbonyl (C=O) groups is 1. The third-order valence-electron chi connectivity index (χ3n) is 4.19. The summed E-state index contributed by atoms with van der Waals surface area (Å²) in [5, 5.41) is 5.70. The van der Waals surface area contributed by atoms with Crippen LogP contribution in [-0.4, -0.2) is 33.4 Å². The Balaban J connectivity index is 2.21. The summed E-state index contributed by atoms with van der Waals surface area (Å²) in [6.07, 6.45) is 3.03. The fourth-order valence-corrected chi connectivity index (χ4v) is 3.23. The van der Waals surface area contributed by atoms with Crippen molar-refractivity contribution >= 4 is 33.6 Å². The van der Waals surface area contributed by atoms with E-state index < -0.39 is 10.0 Å². The summed E-state index contributed by atoms with van der Waals surface area (Å²) in [6.45, 7) is 1.80. The number of nitrogens with two attached hydrogens (primary N) is 1. The molecule has 0 spiro atoms. The first-order valence-electron chi connectivity index (χ1n) is 8.04. The number of nitrogens with zero attached hydrogens (tertiary/aromatic N) is 1. The Morgan fingerprint density at radius 3 is 2.59 bits per heavy atom. The number of hydrogen-bond acceptors (Lipinski definition) is 4. The van der Waals surface area contributed by atoms with Gasteiger partial charge in [-0.2, -0.15) is 0 Å². The second kappa shape index (κ2) is 8.56. The van der Waals surface area contributed by atoms with Crippen molar-refractivity contribution in [1.29, 1.82) is 0 Å². The van der Waals surface area contributed by atoms with Crippen molar-refractivity contribution in [3.05, 3.63) is 64.7 Å². The Hall–Kier alpha value is -2.35. The zero-order chi connectivity index (χ0) is 20.2. The summed E-state index contributed by atoms with van der Waals surface area (Å²) in [7, 11) is -0.635. The van der Waals surface area contributed by atoms with E-state index in [0.29, 0.717) is 21.9 Å². The van der Waals surface area contributed by atoms with Gasteiger partial charge in [-0.05, 0) is 48.9 Å². The molecule has 0 bridgehead atoms. The monoisotopic (exact) mass is 408 g/mol. The molecular formula is C19H21ClN2O4S. The van der Waals surface area contributed by atoms with Crippen LogP contribution in [0.2, 0.25) is 5.02 Å². The molecule has 0 saturated heterocycles. The van der Waals surface area contributed by atoms with Crippen LogP contribution in [0, 0.1) is 0 Å². The summed E-state index contributed by atoms with van der Waals surface area (Å²) < 4.78 is 28.3. The van der Waals surface area contributed by atoms with Gasteiger partial charge in [0.15, 0.2) is 0 Å². The maximum atomic E-state index is 12.5. The van der Waals surface area contributed by atoms with E-state index in [2.05, 4.69) is 0 Å². The van der Waals surface area contributed by atoms with Gasteiger partial charge in [-0.3, -0.25) is 4.79 Å². The van der Waals surface area contributed by atoms with Crippen LogP contribution in [-0.2, 0) is 14.8 Å². The summed E-state index contributed by atoms with van der Waals surface area (Å²) >= 11 is 5.99. The van der Waals surface area contributed by atoms with Crippen molar-refractivity contribution in [2.24, 2.45) is 5.14 Å². The van der Waals surface area contributed by atoms with E-state index >= 15 is 0 Å². The number of methoxy groups -OCH3 is 1. The number of primary sulfonamides is 1. The maximum absolute atomic E-state index is 12.5. The Labute approximate surface area is 164 Å². The highest BCUT2D eigenvalue weighted by atomic mass is 35.5. The van der Waals surface area contributed by atoms with Crippen molar-refractivity contribution in [1.82, 2.24) is 4.90 Å². The van der Waals surface area contributed by atoms with Crippen LogP contribution in [0.1, 0.15) is 24.1 Å². The Morgan fingerprint density at radius 2 is 1.96 bits per heavy atom. The largest absolute Gasteiger partial charge is 0.496 e. The fourth-order valence-electron chi connectivity index (χ4n) is 2.48. The third-order valence-corrected chi connectivity index (χ3v) is 5.34. The van der Waals surface area contributed by atoms with Crippen LogP contribution < -0.4 is 9.88 Å². The molecule has 144 valence electrons. The van der Waals surface area contributed by atoms with Crippen molar-refractivity contribution in [2.75, 3.05) is 14.2 Å². The molecule has 2 rings (SSSR count). The molecule has 0 heterocycles. The molecule has 1 atom stereocenters. The second-order valence-electron chi connectivity index (χ2n) is 5.96. The molecule has 1 amide bonds. The predicted molar refractivity (Wildman–Crippen MR) is 106 cm³/mol. The minimum Gasteiger partial charge on any atom is -0.496 e. The molecule has 0 radical (unpaired) electrons. The van der Waals surface area contributed by atoms with Crippen LogP contribution in [0.5, 0.6) is 5.75 Å². The maximum Gasteiger partial charge on any atom is 0.246 e. The van der Waals surface area contributed by atoms with E-state index in [4.69, 9.17) is 21.5 Å². The van der Waals surface area contributed by atoms with Crippen molar-refractivity contribution in [3.8, 4) is 5.75 Å². The van der Waals surface area contributed by atoms with Gasteiger partial charge in [-0.25, -0.2) is 13.6 Å². The molecule has 2 aromatic carbocycles. The lowest BCUT2D eigenvalue weighted by Gasteiger charge is -2.24.